The molecule has 2 aromatic carbocycles. The predicted molar refractivity (Wildman–Crippen MR) is 123 cm³/mol. The van der Waals surface area contributed by atoms with Crippen LogP contribution in [0.15, 0.2) is 48.5 Å². The van der Waals surface area contributed by atoms with E-state index in [1.165, 1.54) is 18.6 Å². The van der Waals surface area contributed by atoms with Gasteiger partial charge in [-0.1, -0.05) is 39.3 Å². The van der Waals surface area contributed by atoms with Crippen molar-refractivity contribution in [3.63, 3.8) is 0 Å². The molecule has 4 rings (SSSR count). The van der Waals surface area contributed by atoms with Gasteiger partial charge in [-0.15, -0.1) is 0 Å². The fourth-order valence-electron chi connectivity index (χ4n) is 4.77. The van der Waals surface area contributed by atoms with Crippen molar-refractivity contribution in [2.24, 2.45) is 17.8 Å². The lowest BCUT2D eigenvalue weighted by Gasteiger charge is -2.36. The molecule has 1 aromatic heterocycles. The van der Waals surface area contributed by atoms with E-state index >= 15 is 0 Å². The van der Waals surface area contributed by atoms with Crippen LogP contribution in [0.1, 0.15) is 40.0 Å². The van der Waals surface area contributed by atoms with E-state index in [4.69, 9.17) is 9.72 Å². The standard InChI is InChI=1S/C25H29N3O4/c1-16(2)20-13-8-17(3)14-23(20)32-24(29)15-27-22-7-5-4-6-21(22)26-25(27)18-9-11-19(12-10-18)28(30)31/h4-7,9-12,16-17,20,23H,8,13-15H2,1-3H3/t17-,20+,23-/m1/s1. The fraction of sp³-hybridized carbons (Fsp3) is 0.440. The molecule has 0 bridgehead atoms. The first-order valence-corrected chi connectivity index (χ1v) is 11.2. The molecule has 168 valence electrons. The molecule has 1 aliphatic rings. The lowest BCUT2D eigenvalue weighted by Crippen LogP contribution is -2.36. The summed E-state index contributed by atoms with van der Waals surface area (Å²) in [4.78, 5) is 28.3. The minimum absolute atomic E-state index is 0.0157. The third-order valence-electron chi connectivity index (χ3n) is 6.52. The first kappa shape index (κ1) is 22.0. The average molecular weight is 436 g/mol. The second kappa shape index (κ2) is 9.10. The summed E-state index contributed by atoms with van der Waals surface area (Å²) in [5.74, 6) is 1.71. The molecule has 7 heteroatoms. The fourth-order valence-corrected chi connectivity index (χ4v) is 4.77. The van der Waals surface area contributed by atoms with E-state index in [0.29, 0.717) is 29.1 Å². The number of para-hydroxylation sites is 2. The second-order valence-corrected chi connectivity index (χ2v) is 9.17. The highest BCUT2D eigenvalue weighted by atomic mass is 16.6. The van der Waals surface area contributed by atoms with Crippen LogP contribution in [0.2, 0.25) is 0 Å². The van der Waals surface area contributed by atoms with Crippen LogP contribution < -0.4 is 0 Å². The van der Waals surface area contributed by atoms with Crippen molar-refractivity contribution in [2.45, 2.75) is 52.7 Å². The largest absolute Gasteiger partial charge is 0.461 e. The number of hydrogen-bond acceptors (Lipinski definition) is 5. The molecule has 32 heavy (non-hydrogen) atoms. The minimum Gasteiger partial charge on any atom is -0.461 e. The Balaban J connectivity index is 1.62. The number of esters is 1. The van der Waals surface area contributed by atoms with E-state index in [1.807, 2.05) is 28.8 Å². The van der Waals surface area contributed by atoms with Crippen LogP contribution in [0.25, 0.3) is 22.4 Å². The van der Waals surface area contributed by atoms with E-state index in [2.05, 4.69) is 20.8 Å². The lowest BCUT2D eigenvalue weighted by molar-refractivity contribution is -0.384. The maximum Gasteiger partial charge on any atom is 0.326 e. The number of rotatable bonds is 6. The molecule has 1 aliphatic carbocycles. The summed E-state index contributed by atoms with van der Waals surface area (Å²) in [6.45, 7) is 6.64. The molecule has 0 spiro atoms. The van der Waals surface area contributed by atoms with E-state index in [9.17, 15) is 14.9 Å². The number of carbonyl (C=O) groups is 1. The molecular weight excluding hydrogens is 406 g/mol. The Kier molecular flexibility index (Phi) is 6.26. The number of carbonyl (C=O) groups excluding carboxylic acids is 1. The highest BCUT2D eigenvalue weighted by Crippen LogP contribution is 2.35. The van der Waals surface area contributed by atoms with Gasteiger partial charge in [0.15, 0.2) is 0 Å². The maximum atomic E-state index is 13.1. The summed E-state index contributed by atoms with van der Waals surface area (Å²) in [6.07, 6.45) is 3.09. The average Bonchev–Trinajstić information content (AvgIpc) is 3.12. The van der Waals surface area contributed by atoms with Crippen molar-refractivity contribution >= 4 is 22.7 Å². The van der Waals surface area contributed by atoms with Crippen molar-refractivity contribution < 1.29 is 14.5 Å². The number of nitrogens with zero attached hydrogens (tertiary/aromatic N) is 3. The van der Waals surface area contributed by atoms with E-state index < -0.39 is 4.92 Å². The Hall–Kier alpha value is -3.22. The summed E-state index contributed by atoms with van der Waals surface area (Å²) in [5, 5.41) is 11.0. The van der Waals surface area contributed by atoms with Crippen LogP contribution in [0.5, 0.6) is 0 Å². The van der Waals surface area contributed by atoms with Gasteiger partial charge in [0.25, 0.3) is 5.69 Å². The SMILES string of the molecule is CC(C)[C@@H]1CC[C@@H](C)C[C@H]1OC(=O)Cn1c(-c2ccc([N+](=O)[O-])cc2)nc2ccccc21. The Morgan fingerprint density at radius 3 is 2.59 bits per heavy atom. The number of nitro groups is 1. The summed E-state index contributed by atoms with van der Waals surface area (Å²) >= 11 is 0. The summed E-state index contributed by atoms with van der Waals surface area (Å²) < 4.78 is 7.87. The van der Waals surface area contributed by atoms with Gasteiger partial charge in [0.2, 0.25) is 0 Å². The number of imidazole rings is 1. The minimum atomic E-state index is -0.430. The molecule has 0 amide bonds. The number of non-ortho nitro benzene ring substituents is 1. The Morgan fingerprint density at radius 1 is 1.19 bits per heavy atom. The van der Waals surface area contributed by atoms with Gasteiger partial charge < -0.3 is 9.30 Å². The molecule has 3 aromatic rings. The van der Waals surface area contributed by atoms with Crippen molar-refractivity contribution in [3.8, 4) is 11.4 Å². The van der Waals surface area contributed by atoms with Crippen LogP contribution in [-0.2, 0) is 16.1 Å². The topological polar surface area (TPSA) is 87.3 Å². The molecule has 0 unspecified atom stereocenters. The van der Waals surface area contributed by atoms with Gasteiger partial charge in [-0.3, -0.25) is 14.9 Å². The lowest BCUT2D eigenvalue weighted by atomic mass is 9.75. The molecule has 1 saturated carbocycles. The van der Waals surface area contributed by atoms with Crippen molar-refractivity contribution in [1.82, 2.24) is 9.55 Å². The van der Waals surface area contributed by atoms with Crippen molar-refractivity contribution in [1.29, 1.82) is 0 Å². The second-order valence-electron chi connectivity index (χ2n) is 9.17. The number of benzene rings is 2. The van der Waals surface area contributed by atoms with Crippen LogP contribution in [0.3, 0.4) is 0 Å². The molecule has 0 radical (unpaired) electrons. The summed E-state index contributed by atoms with van der Waals surface area (Å²) in [7, 11) is 0. The molecule has 3 atom stereocenters. The molecule has 0 N–H and O–H groups in total. The van der Waals surface area contributed by atoms with Gasteiger partial charge in [-0.25, -0.2) is 4.98 Å². The zero-order valence-corrected chi connectivity index (χ0v) is 18.7. The van der Waals surface area contributed by atoms with Gasteiger partial charge >= 0.3 is 5.97 Å². The van der Waals surface area contributed by atoms with Gasteiger partial charge in [0.1, 0.15) is 18.5 Å². The summed E-state index contributed by atoms with van der Waals surface area (Å²) in [6, 6.07) is 13.9. The first-order chi connectivity index (χ1) is 15.3. The highest BCUT2D eigenvalue weighted by Gasteiger charge is 2.33. The number of nitro benzene ring substituents is 1. The van der Waals surface area contributed by atoms with E-state index in [0.717, 1.165) is 23.9 Å². The Labute approximate surface area is 187 Å². The van der Waals surface area contributed by atoms with Gasteiger partial charge in [-0.2, -0.15) is 0 Å². The normalized spacial score (nSPS) is 21.1. The third-order valence-corrected chi connectivity index (χ3v) is 6.52. The monoisotopic (exact) mass is 435 g/mol. The van der Waals surface area contributed by atoms with Crippen molar-refractivity contribution in [3.05, 3.63) is 58.6 Å². The zero-order chi connectivity index (χ0) is 22.8. The molecule has 1 heterocycles. The van der Waals surface area contributed by atoms with Gasteiger partial charge in [0.05, 0.1) is 16.0 Å². The van der Waals surface area contributed by atoms with E-state index in [1.54, 1.807) is 12.1 Å². The molecular formula is C25H29N3O4. The highest BCUT2D eigenvalue weighted by molar-refractivity contribution is 5.83. The predicted octanol–water partition coefficient (Wildman–Crippen LogP) is 5.62. The van der Waals surface area contributed by atoms with Crippen LogP contribution in [0, 0.1) is 27.9 Å². The number of hydrogen-bond donors (Lipinski definition) is 0. The first-order valence-electron chi connectivity index (χ1n) is 11.2. The zero-order valence-electron chi connectivity index (χ0n) is 18.7. The quantitative estimate of drug-likeness (QED) is 0.285. The molecule has 0 aliphatic heterocycles. The van der Waals surface area contributed by atoms with Gasteiger partial charge in [-0.05, 0) is 54.9 Å². The molecule has 7 nitrogen and oxygen atoms in total. The Morgan fingerprint density at radius 2 is 1.91 bits per heavy atom. The van der Waals surface area contributed by atoms with E-state index in [-0.39, 0.29) is 24.3 Å². The third kappa shape index (κ3) is 4.52. The Bertz CT molecular complexity index is 1120. The van der Waals surface area contributed by atoms with Gasteiger partial charge in [0, 0.05) is 17.7 Å². The van der Waals surface area contributed by atoms with Crippen LogP contribution in [0.4, 0.5) is 5.69 Å². The maximum absolute atomic E-state index is 13.1. The number of fused-ring (bicyclic) bond motifs is 1. The molecule has 1 fully saturated rings. The van der Waals surface area contributed by atoms with Crippen molar-refractivity contribution in [2.75, 3.05) is 0 Å². The number of aromatic nitrogens is 2. The molecule has 0 saturated heterocycles. The summed E-state index contributed by atoms with van der Waals surface area (Å²) in [5.41, 5.74) is 2.32. The van der Waals surface area contributed by atoms with Crippen LogP contribution >= 0.6 is 0 Å². The number of ether oxygens (including phenoxy) is 1. The smallest absolute Gasteiger partial charge is 0.326 e. The van der Waals surface area contributed by atoms with Crippen LogP contribution in [-0.4, -0.2) is 26.5 Å².